The van der Waals surface area contributed by atoms with Crippen LogP contribution < -0.4 is 15.4 Å². The van der Waals surface area contributed by atoms with E-state index in [9.17, 15) is 0 Å². The number of aryl methyl sites for hydroxylation is 1. The van der Waals surface area contributed by atoms with Gasteiger partial charge in [-0.25, -0.2) is 9.97 Å². The van der Waals surface area contributed by atoms with Gasteiger partial charge < -0.3 is 15.4 Å². The molecule has 0 amide bonds. The first-order chi connectivity index (χ1) is 10.7. The van der Waals surface area contributed by atoms with E-state index in [2.05, 4.69) is 9.88 Å². The van der Waals surface area contributed by atoms with Crippen LogP contribution in [0.25, 0.3) is 11.3 Å². The maximum atomic E-state index is 5.98. The molecular formula is C17H22N4O. The minimum atomic E-state index is 0.220. The van der Waals surface area contributed by atoms with Crippen molar-refractivity contribution in [1.29, 1.82) is 0 Å². The Labute approximate surface area is 131 Å². The first-order valence-corrected chi connectivity index (χ1v) is 7.75. The van der Waals surface area contributed by atoms with E-state index >= 15 is 0 Å². The first-order valence-electron chi connectivity index (χ1n) is 7.75. The lowest BCUT2D eigenvalue weighted by Crippen LogP contribution is -2.27. The Morgan fingerprint density at radius 2 is 2.05 bits per heavy atom. The largest absolute Gasteiger partial charge is 0.494 e. The molecule has 1 aliphatic heterocycles. The smallest absolute Gasteiger partial charge is 0.226 e. The minimum Gasteiger partial charge on any atom is -0.494 e. The van der Waals surface area contributed by atoms with Gasteiger partial charge in [0, 0.05) is 30.4 Å². The average Bonchev–Trinajstić information content (AvgIpc) is 2.94. The first kappa shape index (κ1) is 14.8. The summed E-state index contributed by atoms with van der Waals surface area (Å²) in [5.41, 5.74) is 8.96. The summed E-state index contributed by atoms with van der Waals surface area (Å²) in [7, 11) is 0. The maximum Gasteiger partial charge on any atom is 0.226 e. The van der Waals surface area contributed by atoms with Crippen LogP contribution in [0.5, 0.6) is 5.75 Å². The molecule has 0 bridgehead atoms. The number of rotatable bonds is 4. The van der Waals surface area contributed by atoms with Crippen molar-refractivity contribution in [3.8, 4) is 17.0 Å². The van der Waals surface area contributed by atoms with E-state index in [0.29, 0.717) is 6.61 Å². The number of nitrogens with two attached hydrogens (primary N) is 1. The van der Waals surface area contributed by atoms with Crippen molar-refractivity contribution in [3.63, 3.8) is 0 Å². The molecule has 3 rings (SSSR count). The van der Waals surface area contributed by atoms with Crippen LogP contribution >= 0.6 is 0 Å². The molecule has 0 radical (unpaired) electrons. The molecule has 2 N–H and O–H groups in total. The predicted octanol–water partition coefficient (Wildman–Crippen LogP) is 2.39. The second-order valence-corrected chi connectivity index (χ2v) is 5.65. The number of aromatic nitrogens is 2. The summed E-state index contributed by atoms with van der Waals surface area (Å²) >= 11 is 0. The third-order valence-corrected chi connectivity index (χ3v) is 3.81. The molecule has 1 aromatic carbocycles. The van der Waals surface area contributed by atoms with Crippen LogP contribution in [-0.2, 0) is 0 Å². The molecule has 1 unspecified atom stereocenters. The topological polar surface area (TPSA) is 64.3 Å². The quantitative estimate of drug-likeness (QED) is 0.939. The lowest BCUT2D eigenvalue weighted by molar-refractivity contribution is 0.340. The Balaban J connectivity index is 1.88. The van der Waals surface area contributed by atoms with E-state index in [1.807, 2.05) is 44.2 Å². The van der Waals surface area contributed by atoms with Crippen LogP contribution in [-0.4, -0.2) is 35.7 Å². The molecule has 22 heavy (non-hydrogen) atoms. The summed E-state index contributed by atoms with van der Waals surface area (Å²) in [5.74, 6) is 1.65. The number of hydrogen-bond donors (Lipinski definition) is 1. The Hall–Kier alpha value is -2.14. The lowest BCUT2D eigenvalue weighted by Gasteiger charge is -2.17. The molecule has 2 heterocycles. The maximum absolute atomic E-state index is 5.98. The summed E-state index contributed by atoms with van der Waals surface area (Å²) in [6.45, 7) is 6.40. The van der Waals surface area contributed by atoms with Gasteiger partial charge in [0.2, 0.25) is 5.95 Å². The third-order valence-electron chi connectivity index (χ3n) is 3.81. The van der Waals surface area contributed by atoms with Gasteiger partial charge in [0.1, 0.15) is 5.75 Å². The summed E-state index contributed by atoms with van der Waals surface area (Å²) in [6.07, 6.45) is 0.996. The van der Waals surface area contributed by atoms with Crippen molar-refractivity contribution < 1.29 is 4.74 Å². The van der Waals surface area contributed by atoms with E-state index in [1.165, 1.54) is 0 Å². The molecule has 116 valence electrons. The van der Waals surface area contributed by atoms with Crippen molar-refractivity contribution in [1.82, 2.24) is 9.97 Å². The zero-order chi connectivity index (χ0) is 15.5. The van der Waals surface area contributed by atoms with E-state index in [1.54, 1.807) is 0 Å². The highest BCUT2D eigenvalue weighted by Gasteiger charge is 2.22. The molecule has 5 heteroatoms. The van der Waals surface area contributed by atoms with Gasteiger partial charge in [-0.3, -0.25) is 0 Å². The van der Waals surface area contributed by atoms with Crippen LogP contribution in [0.2, 0.25) is 0 Å². The van der Waals surface area contributed by atoms with E-state index in [-0.39, 0.29) is 6.04 Å². The fourth-order valence-corrected chi connectivity index (χ4v) is 2.70. The minimum absolute atomic E-state index is 0.220. The van der Waals surface area contributed by atoms with E-state index in [0.717, 1.165) is 48.2 Å². The van der Waals surface area contributed by atoms with Crippen LogP contribution in [0.15, 0.2) is 30.3 Å². The van der Waals surface area contributed by atoms with Crippen molar-refractivity contribution in [2.75, 3.05) is 24.6 Å². The molecular weight excluding hydrogens is 276 g/mol. The second kappa shape index (κ2) is 6.32. The molecule has 1 saturated heterocycles. The molecule has 0 spiro atoms. The number of nitrogens with zero attached hydrogens (tertiary/aromatic N) is 3. The summed E-state index contributed by atoms with van der Waals surface area (Å²) in [5, 5.41) is 0. The molecule has 0 aliphatic carbocycles. The van der Waals surface area contributed by atoms with Gasteiger partial charge in [-0.15, -0.1) is 0 Å². The monoisotopic (exact) mass is 298 g/mol. The Kier molecular flexibility index (Phi) is 4.24. The second-order valence-electron chi connectivity index (χ2n) is 5.65. The van der Waals surface area contributed by atoms with Gasteiger partial charge in [0.05, 0.1) is 12.3 Å². The SMILES string of the molecule is CCOc1ccc(-c2cc(C)nc(N3CCC(N)C3)n2)cc1. The van der Waals surface area contributed by atoms with Crippen molar-refractivity contribution >= 4 is 5.95 Å². The van der Waals surface area contributed by atoms with Gasteiger partial charge in [0.25, 0.3) is 0 Å². The summed E-state index contributed by atoms with van der Waals surface area (Å²) in [4.78, 5) is 11.4. The van der Waals surface area contributed by atoms with E-state index < -0.39 is 0 Å². The zero-order valence-corrected chi connectivity index (χ0v) is 13.1. The Morgan fingerprint density at radius 1 is 1.27 bits per heavy atom. The summed E-state index contributed by atoms with van der Waals surface area (Å²) in [6, 6.07) is 10.2. The van der Waals surface area contributed by atoms with Crippen LogP contribution in [0.1, 0.15) is 19.0 Å². The zero-order valence-electron chi connectivity index (χ0n) is 13.1. The van der Waals surface area contributed by atoms with Crippen molar-refractivity contribution in [2.45, 2.75) is 26.3 Å². The molecule has 1 aromatic heterocycles. The number of hydrogen-bond acceptors (Lipinski definition) is 5. The fourth-order valence-electron chi connectivity index (χ4n) is 2.70. The number of ether oxygens (including phenoxy) is 1. The Morgan fingerprint density at radius 3 is 2.68 bits per heavy atom. The highest BCUT2D eigenvalue weighted by atomic mass is 16.5. The molecule has 1 atom stereocenters. The van der Waals surface area contributed by atoms with Gasteiger partial charge in [-0.1, -0.05) is 0 Å². The average molecular weight is 298 g/mol. The fraction of sp³-hybridized carbons (Fsp3) is 0.412. The van der Waals surface area contributed by atoms with Crippen molar-refractivity contribution in [3.05, 3.63) is 36.0 Å². The van der Waals surface area contributed by atoms with Crippen LogP contribution in [0.3, 0.4) is 0 Å². The lowest BCUT2D eigenvalue weighted by atomic mass is 10.1. The van der Waals surface area contributed by atoms with E-state index in [4.69, 9.17) is 15.5 Å². The Bertz CT molecular complexity index is 642. The van der Waals surface area contributed by atoms with Gasteiger partial charge in [-0.2, -0.15) is 0 Å². The summed E-state index contributed by atoms with van der Waals surface area (Å²) < 4.78 is 5.48. The molecule has 0 saturated carbocycles. The standard InChI is InChI=1S/C17H22N4O/c1-3-22-15-6-4-13(5-7-15)16-10-12(2)19-17(20-16)21-9-8-14(18)11-21/h4-7,10,14H,3,8-9,11,18H2,1-2H3. The molecule has 2 aromatic rings. The van der Waals surface area contributed by atoms with Crippen LogP contribution in [0, 0.1) is 6.92 Å². The van der Waals surface area contributed by atoms with Crippen LogP contribution in [0.4, 0.5) is 5.95 Å². The van der Waals surface area contributed by atoms with Gasteiger partial charge in [-0.05, 0) is 50.6 Å². The normalized spacial score (nSPS) is 17.8. The number of anilines is 1. The molecule has 1 fully saturated rings. The highest BCUT2D eigenvalue weighted by molar-refractivity contribution is 5.62. The highest BCUT2D eigenvalue weighted by Crippen LogP contribution is 2.24. The third kappa shape index (κ3) is 3.20. The molecule has 5 nitrogen and oxygen atoms in total. The number of benzene rings is 1. The van der Waals surface area contributed by atoms with Gasteiger partial charge >= 0.3 is 0 Å². The van der Waals surface area contributed by atoms with Gasteiger partial charge in [0.15, 0.2) is 0 Å². The predicted molar refractivity (Wildman–Crippen MR) is 88.2 cm³/mol. The van der Waals surface area contributed by atoms with Crippen molar-refractivity contribution in [2.24, 2.45) is 5.73 Å². The molecule has 1 aliphatic rings.